The van der Waals surface area contributed by atoms with E-state index < -0.39 is 60.2 Å². The van der Waals surface area contributed by atoms with Gasteiger partial charge in [0.25, 0.3) is 0 Å². The molecular formula is C20H34N4O7S. The minimum absolute atomic E-state index is 0.218. The molecule has 1 heterocycles. The highest BCUT2D eigenvalue weighted by Crippen LogP contribution is 2.11. The zero-order valence-electron chi connectivity index (χ0n) is 18.7. The number of hydrogen-bond acceptors (Lipinski definition) is 7. The van der Waals surface area contributed by atoms with Crippen LogP contribution in [0.3, 0.4) is 0 Å². The third kappa shape index (κ3) is 9.03. The van der Waals surface area contributed by atoms with Gasteiger partial charge in [-0.15, -0.1) is 0 Å². The second-order valence-electron chi connectivity index (χ2n) is 7.86. The molecule has 5 unspecified atom stereocenters. The van der Waals surface area contributed by atoms with E-state index in [-0.39, 0.29) is 12.3 Å². The molecule has 0 aromatic carbocycles. The predicted octanol–water partition coefficient (Wildman–Crippen LogP) is -0.449. The van der Waals surface area contributed by atoms with Gasteiger partial charge >= 0.3 is 11.9 Å². The maximum absolute atomic E-state index is 12.8. The largest absolute Gasteiger partial charge is 0.481 e. The second kappa shape index (κ2) is 13.9. The third-order valence-electron chi connectivity index (χ3n) is 5.41. The Hall–Kier alpha value is -2.34. The lowest BCUT2D eigenvalue weighted by Gasteiger charge is -2.27. The summed E-state index contributed by atoms with van der Waals surface area (Å²) in [5.74, 6) is -4.24. The van der Waals surface area contributed by atoms with Crippen LogP contribution in [0.5, 0.6) is 0 Å². The molecule has 0 spiro atoms. The molecule has 1 aliphatic heterocycles. The van der Waals surface area contributed by atoms with Gasteiger partial charge in [0.2, 0.25) is 17.7 Å². The van der Waals surface area contributed by atoms with Crippen LogP contribution in [0.1, 0.15) is 46.0 Å². The number of aliphatic carboxylic acids is 2. The fourth-order valence-electron chi connectivity index (χ4n) is 3.27. The van der Waals surface area contributed by atoms with Crippen molar-refractivity contribution < 1.29 is 34.2 Å². The van der Waals surface area contributed by atoms with Crippen LogP contribution in [-0.4, -0.2) is 82.6 Å². The van der Waals surface area contributed by atoms with Gasteiger partial charge in [0, 0.05) is 0 Å². The van der Waals surface area contributed by atoms with Gasteiger partial charge in [0.05, 0.1) is 12.5 Å². The summed E-state index contributed by atoms with van der Waals surface area (Å²) in [6, 6.07) is -4.06. The predicted molar refractivity (Wildman–Crippen MR) is 119 cm³/mol. The number of thioether (sulfide) groups is 1. The van der Waals surface area contributed by atoms with Crippen molar-refractivity contribution in [2.24, 2.45) is 5.92 Å². The SMILES string of the molecule is CCC(C)C(NC(=O)C(CC(=O)O)NC(=O)C1CCCN1)C(=O)NC(CCSC)C(=O)O. The van der Waals surface area contributed by atoms with Crippen molar-refractivity contribution in [2.45, 2.75) is 70.1 Å². The quantitative estimate of drug-likeness (QED) is 0.195. The third-order valence-corrected chi connectivity index (χ3v) is 6.05. The van der Waals surface area contributed by atoms with Gasteiger partial charge in [-0.1, -0.05) is 20.3 Å². The Balaban J connectivity index is 2.93. The van der Waals surface area contributed by atoms with Crippen molar-refractivity contribution in [1.82, 2.24) is 21.3 Å². The Kier molecular flexibility index (Phi) is 12.1. The highest BCUT2D eigenvalue weighted by molar-refractivity contribution is 7.98. The van der Waals surface area contributed by atoms with E-state index in [0.29, 0.717) is 25.1 Å². The molecule has 1 aliphatic rings. The lowest BCUT2D eigenvalue weighted by atomic mass is 9.97. The summed E-state index contributed by atoms with van der Waals surface area (Å²) in [6.45, 7) is 4.18. The summed E-state index contributed by atoms with van der Waals surface area (Å²) in [6.07, 6.45) is 3.27. The summed E-state index contributed by atoms with van der Waals surface area (Å²) in [7, 11) is 0. The lowest BCUT2D eigenvalue weighted by molar-refractivity contribution is -0.143. The van der Waals surface area contributed by atoms with Crippen molar-refractivity contribution in [3.05, 3.63) is 0 Å². The summed E-state index contributed by atoms with van der Waals surface area (Å²) < 4.78 is 0. The van der Waals surface area contributed by atoms with Crippen LogP contribution in [0.2, 0.25) is 0 Å². The van der Waals surface area contributed by atoms with Crippen molar-refractivity contribution >= 4 is 41.4 Å². The topological polar surface area (TPSA) is 174 Å². The summed E-state index contributed by atoms with van der Waals surface area (Å²) in [5, 5.41) is 29.0. The molecule has 0 saturated carbocycles. The molecule has 1 rings (SSSR count). The van der Waals surface area contributed by atoms with E-state index in [1.807, 2.05) is 13.2 Å². The van der Waals surface area contributed by atoms with Crippen LogP contribution in [0.15, 0.2) is 0 Å². The van der Waals surface area contributed by atoms with Gasteiger partial charge in [-0.2, -0.15) is 11.8 Å². The fraction of sp³-hybridized carbons (Fsp3) is 0.750. The van der Waals surface area contributed by atoms with Gasteiger partial charge < -0.3 is 31.5 Å². The maximum atomic E-state index is 12.8. The number of nitrogens with one attached hydrogen (secondary N) is 4. The monoisotopic (exact) mass is 474 g/mol. The first kappa shape index (κ1) is 27.7. The molecule has 1 saturated heterocycles. The van der Waals surface area contributed by atoms with E-state index in [0.717, 1.165) is 6.42 Å². The van der Waals surface area contributed by atoms with Gasteiger partial charge in [0.15, 0.2) is 0 Å². The number of carbonyl (C=O) groups excluding carboxylic acids is 3. The highest BCUT2D eigenvalue weighted by Gasteiger charge is 2.34. The van der Waals surface area contributed by atoms with E-state index in [2.05, 4.69) is 21.3 Å². The second-order valence-corrected chi connectivity index (χ2v) is 8.85. The molecule has 1 fully saturated rings. The van der Waals surface area contributed by atoms with E-state index >= 15 is 0 Å². The molecule has 0 bridgehead atoms. The van der Waals surface area contributed by atoms with E-state index in [1.54, 1.807) is 6.92 Å². The highest BCUT2D eigenvalue weighted by atomic mass is 32.2. The summed E-state index contributed by atoms with van der Waals surface area (Å²) >= 11 is 1.44. The van der Waals surface area contributed by atoms with Gasteiger partial charge in [-0.25, -0.2) is 4.79 Å². The number of carboxylic acid groups (broad SMARTS) is 2. The van der Waals surface area contributed by atoms with E-state index in [1.165, 1.54) is 11.8 Å². The number of rotatable bonds is 14. The number of carbonyl (C=O) groups is 5. The summed E-state index contributed by atoms with van der Waals surface area (Å²) in [5.41, 5.74) is 0. The molecule has 0 aliphatic carbocycles. The normalized spacial score (nSPS) is 19.3. The molecule has 0 aromatic heterocycles. The zero-order valence-corrected chi connectivity index (χ0v) is 19.5. The van der Waals surface area contributed by atoms with Crippen molar-refractivity contribution in [2.75, 3.05) is 18.6 Å². The fourth-order valence-corrected chi connectivity index (χ4v) is 3.75. The molecule has 11 nitrogen and oxygen atoms in total. The number of carboxylic acids is 2. The number of amides is 3. The zero-order chi connectivity index (χ0) is 24.3. The Morgan fingerprint density at radius 2 is 1.75 bits per heavy atom. The molecule has 32 heavy (non-hydrogen) atoms. The van der Waals surface area contributed by atoms with Gasteiger partial charge in [0.1, 0.15) is 18.1 Å². The molecule has 0 radical (unpaired) electrons. The first-order valence-corrected chi connectivity index (χ1v) is 12.1. The average molecular weight is 475 g/mol. The molecule has 6 N–H and O–H groups in total. The lowest BCUT2D eigenvalue weighted by Crippen LogP contribution is -2.59. The Morgan fingerprint density at radius 1 is 1.06 bits per heavy atom. The molecule has 12 heteroatoms. The van der Waals surface area contributed by atoms with E-state index in [9.17, 15) is 34.2 Å². The Labute approximate surface area is 191 Å². The van der Waals surface area contributed by atoms with Crippen LogP contribution in [-0.2, 0) is 24.0 Å². The molecule has 5 atom stereocenters. The standard InChI is InChI=1S/C20H34N4O7S/c1-4-11(2)16(19(29)22-13(20(30)31)7-9-32-3)24-18(28)14(10-15(25)26)23-17(27)12-6-5-8-21-12/h11-14,16,21H,4-10H2,1-3H3,(H,22,29)(H,23,27)(H,24,28)(H,25,26)(H,30,31). The van der Waals surface area contributed by atoms with Crippen LogP contribution in [0.4, 0.5) is 0 Å². The van der Waals surface area contributed by atoms with Gasteiger partial charge in [-0.3, -0.25) is 19.2 Å². The average Bonchev–Trinajstić information content (AvgIpc) is 3.28. The minimum Gasteiger partial charge on any atom is -0.481 e. The molecule has 182 valence electrons. The van der Waals surface area contributed by atoms with Crippen molar-refractivity contribution in [3.8, 4) is 0 Å². The van der Waals surface area contributed by atoms with Crippen LogP contribution in [0.25, 0.3) is 0 Å². The molecule has 0 aromatic rings. The van der Waals surface area contributed by atoms with Gasteiger partial charge in [-0.05, 0) is 43.7 Å². The first-order chi connectivity index (χ1) is 15.1. The van der Waals surface area contributed by atoms with Crippen molar-refractivity contribution in [1.29, 1.82) is 0 Å². The minimum atomic E-state index is -1.37. The maximum Gasteiger partial charge on any atom is 0.326 e. The van der Waals surface area contributed by atoms with Crippen LogP contribution in [0, 0.1) is 5.92 Å². The van der Waals surface area contributed by atoms with Crippen LogP contribution >= 0.6 is 11.8 Å². The summed E-state index contributed by atoms with van der Waals surface area (Å²) in [4.78, 5) is 60.8. The van der Waals surface area contributed by atoms with E-state index in [4.69, 9.17) is 0 Å². The first-order valence-electron chi connectivity index (χ1n) is 10.7. The molecular weight excluding hydrogens is 440 g/mol. The molecule has 3 amide bonds. The Bertz CT molecular complexity index is 685. The Morgan fingerprint density at radius 3 is 2.25 bits per heavy atom. The smallest absolute Gasteiger partial charge is 0.326 e. The van der Waals surface area contributed by atoms with Crippen LogP contribution < -0.4 is 21.3 Å². The van der Waals surface area contributed by atoms with Crippen molar-refractivity contribution in [3.63, 3.8) is 0 Å². The number of hydrogen-bond donors (Lipinski definition) is 6.